The van der Waals surface area contributed by atoms with E-state index in [4.69, 9.17) is 4.42 Å². The number of aryl methyl sites for hydroxylation is 1. The van der Waals surface area contributed by atoms with E-state index in [0.29, 0.717) is 12.4 Å². The topological polar surface area (TPSA) is 55.1 Å². The van der Waals surface area contributed by atoms with Crippen LogP contribution in [0.25, 0.3) is 11.1 Å². The Hall–Kier alpha value is -1.49. The molecule has 1 amide bonds. The number of carbonyl (C=O) groups excluding carboxylic acids is 1. The lowest BCUT2D eigenvalue weighted by atomic mass is 10.2. The van der Waals surface area contributed by atoms with Gasteiger partial charge in [-0.15, -0.1) is 0 Å². The highest BCUT2D eigenvalue weighted by Gasteiger charge is 2.03. The second kappa shape index (κ2) is 4.57. The average molecular weight is 236 g/mol. The minimum atomic E-state index is -0.0836. The lowest BCUT2D eigenvalue weighted by Gasteiger charge is -2.02. The Morgan fingerprint density at radius 1 is 1.56 bits per heavy atom. The lowest BCUT2D eigenvalue weighted by molar-refractivity contribution is -0.118. The zero-order valence-electron chi connectivity index (χ0n) is 8.86. The monoisotopic (exact) mass is 236 g/mol. The summed E-state index contributed by atoms with van der Waals surface area (Å²) in [6.45, 7) is 2.30. The Morgan fingerprint density at radius 2 is 2.38 bits per heavy atom. The van der Waals surface area contributed by atoms with E-state index in [1.807, 2.05) is 25.1 Å². The van der Waals surface area contributed by atoms with E-state index in [2.05, 4.69) is 22.9 Å². The summed E-state index contributed by atoms with van der Waals surface area (Å²) in [6.07, 6.45) is 0. The number of nitrogens with zero attached hydrogens (tertiary/aromatic N) is 1. The number of aromatic nitrogens is 1. The first kappa shape index (κ1) is 11.0. The average Bonchev–Trinajstić information content (AvgIpc) is 2.65. The molecule has 0 aliphatic carbocycles. The molecule has 1 N–H and O–H groups in total. The molecule has 0 aliphatic heterocycles. The standard InChI is InChI=1S/C11H12N2O2S/c1-7-13-9-4-8(2-3-10(9)15-7)5-12-11(14)6-16/h2-4,16H,5-6H2,1H3,(H,12,14). The fraction of sp³-hybridized carbons (Fsp3) is 0.273. The van der Waals surface area contributed by atoms with Crippen LogP contribution in [0.3, 0.4) is 0 Å². The number of amides is 1. The Kier molecular flexibility index (Phi) is 3.14. The highest BCUT2D eigenvalue weighted by atomic mass is 32.1. The van der Waals surface area contributed by atoms with Gasteiger partial charge in [0.2, 0.25) is 5.91 Å². The predicted molar refractivity (Wildman–Crippen MR) is 64.4 cm³/mol. The number of carbonyl (C=O) groups is 1. The van der Waals surface area contributed by atoms with Crippen LogP contribution in [0.2, 0.25) is 0 Å². The van der Waals surface area contributed by atoms with Gasteiger partial charge in [-0.25, -0.2) is 4.98 Å². The molecule has 5 heteroatoms. The van der Waals surface area contributed by atoms with Crippen molar-refractivity contribution in [3.63, 3.8) is 0 Å². The molecule has 1 aromatic heterocycles. The Morgan fingerprint density at radius 3 is 3.12 bits per heavy atom. The van der Waals surface area contributed by atoms with E-state index in [0.717, 1.165) is 16.7 Å². The molecule has 0 spiro atoms. The van der Waals surface area contributed by atoms with Gasteiger partial charge in [0.05, 0.1) is 5.75 Å². The minimum absolute atomic E-state index is 0.0836. The van der Waals surface area contributed by atoms with Gasteiger partial charge in [0, 0.05) is 13.5 Å². The van der Waals surface area contributed by atoms with Crippen LogP contribution in [0.4, 0.5) is 0 Å². The molecular weight excluding hydrogens is 224 g/mol. The van der Waals surface area contributed by atoms with Crippen molar-refractivity contribution in [1.82, 2.24) is 10.3 Å². The molecule has 16 heavy (non-hydrogen) atoms. The van der Waals surface area contributed by atoms with Gasteiger partial charge in [-0.2, -0.15) is 12.6 Å². The largest absolute Gasteiger partial charge is 0.441 e. The van der Waals surface area contributed by atoms with Crippen molar-refractivity contribution in [2.24, 2.45) is 0 Å². The molecule has 0 atom stereocenters. The molecule has 2 rings (SSSR count). The highest BCUT2D eigenvalue weighted by Crippen LogP contribution is 2.16. The Labute approximate surface area is 98.5 Å². The van der Waals surface area contributed by atoms with E-state index in [-0.39, 0.29) is 11.7 Å². The number of oxazole rings is 1. The molecule has 1 aromatic carbocycles. The SMILES string of the molecule is Cc1nc2cc(CNC(=O)CS)ccc2o1. The predicted octanol–water partition coefficient (Wildman–Crippen LogP) is 1.68. The van der Waals surface area contributed by atoms with Gasteiger partial charge in [-0.1, -0.05) is 6.07 Å². The zero-order chi connectivity index (χ0) is 11.5. The van der Waals surface area contributed by atoms with Gasteiger partial charge in [-0.3, -0.25) is 4.79 Å². The Bertz CT molecular complexity index is 522. The van der Waals surface area contributed by atoms with Gasteiger partial charge in [0.25, 0.3) is 0 Å². The molecule has 0 saturated carbocycles. The third-order valence-corrected chi connectivity index (χ3v) is 2.48. The molecule has 1 heterocycles. The molecule has 0 aliphatic rings. The number of rotatable bonds is 3. The van der Waals surface area contributed by atoms with Gasteiger partial charge in [0.15, 0.2) is 11.5 Å². The summed E-state index contributed by atoms with van der Waals surface area (Å²) < 4.78 is 5.36. The molecule has 0 fully saturated rings. The smallest absolute Gasteiger partial charge is 0.229 e. The molecule has 0 bridgehead atoms. The molecule has 0 unspecified atom stereocenters. The number of nitrogens with one attached hydrogen (secondary N) is 1. The minimum Gasteiger partial charge on any atom is -0.441 e. The lowest BCUT2D eigenvalue weighted by Crippen LogP contribution is -2.23. The van der Waals surface area contributed by atoms with Crippen molar-refractivity contribution in [3.8, 4) is 0 Å². The van der Waals surface area contributed by atoms with Crippen molar-refractivity contribution >= 4 is 29.6 Å². The maximum Gasteiger partial charge on any atom is 0.229 e. The van der Waals surface area contributed by atoms with Crippen LogP contribution in [0.5, 0.6) is 0 Å². The van der Waals surface area contributed by atoms with Crippen LogP contribution in [0.1, 0.15) is 11.5 Å². The van der Waals surface area contributed by atoms with E-state index in [1.165, 1.54) is 0 Å². The maximum absolute atomic E-state index is 11.0. The summed E-state index contributed by atoms with van der Waals surface area (Å²) >= 11 is 3.88. The number of fused-ring (bicyclic) bond motifs is 1. The van der Waals surface area contributed by atoms with Crippen LogP contribution in [-0.4, -0.2) is 16.6 Å². The van der Waals surface area contributed by atoms with Crippen LogP contribution < -0.4 is 5.32 Å². The molecule has 2 aromatic rings. The molecule has 4 nitrogen and oxygen atoms in total. The number of thiol groups is 1. The number of hydrogen-bond donors (Lipinski definition) is 2. The fourth-order valence-electron chi connectivity index (χ4n) is 1.45. The van der Waals surface area contributed by atoms with Gasteiger partial charge >= 0.3 is 0 Å². The third kappa shape index (κ3) is 2.36. The summed E-state index contributed by atoms with van der Waals surface area (Å²) in [5, 5.41) is 2.75. The molecule has 0 radical (unpaired) electrons. The van der Waals surface area contributed by atoms with Crippen LogP contribution in [0.15, 0.2) is 22.6 Å². The highest BCUT2D eigenvalue weighted by molar-refractivity contribution is 7.81. The van der Waals surface area contributed by atoms with Crippen molar-refractivity contribution in [1.29, 1.82) is 0 Å². The van der Waals surface area contributed by atoms with Crippen molar-refractivity contribution in [2.45, 2.75) is 13.5 Å². The number of benzene rings is 1. The van der Waals surface area contributed by atoms with E-state index >= 15 is 0 Å². The van der Waals surface area contributed by atoms with Crippen LogP contribution in [0, 0.1) is 6.92 Å². The van der Waals surface area contributed by atoms with Crippen LogP contribution >= 0.6 is 12.6 Å². The molecular formula is C11H12N2O2S. The van der Waals surface area contributed by atoms with E-state index in [9.17, 15) is 4.79 Å². The summed E-state index contributed by atoms with van der Waals surface area (Å²) in [6, 6.07) is 5.67. The summed E-state index contributed by atoms with van der Waals surface area (Å²) in [5.41, 5.74) is 2.58. The summed E-state index contributed by atoms with van der Waals surface area (Å²) in [7, 11) is 0. The van der Waals surface area contributed by atoms with Gasteiger partial charge in [-0.05, 0) is 17.7 Å². The second-order valence-corrected chi connectivity index (χ2v) is 3.79. The molecule has 0 saturated heterocycles. The van der Waals surface area contributed by atoms with Crippen LogP contribution in [-0.2, 0) is 11.3 Å². The van der Waals surface area contributed by atoms with Gasteiger partial charge < -0.3 is 9.73 Å². The van der Waals surface area contributed by atoms with Crippen molar-refractivity contribution < 1.29 is 9.21 Å². The molecule has 84 valence electrons. The van der Waals surface area contributed by atoms with Crippen molar-refractivity contribution in [2.75, 3.05) is 5.75 Å². The first-order chi connectivity index (χ1) is 7.69. The Balaban J connectivity index is 2.16. The second-order valence-electron chi connectivity index (χ2n) is 3.47. The fourth-order valence-corrected chi connectivity index (χ4v) is 1.57. The summed E-state index contributed by atoms with van der Waals surface area (Å²) in [5.74, 6) is 0.761. The maximum atomic E-state index is 11.0. The zero-order valence-corrected chi connectivity index (χ0v) is 9.75. The quantitative estimate of drug-likeness (QED) is 0.797. The first-order valence-corrected chi connectivity index (χ1v) is 5.56. The summed E-state index contributed by atoms with van der Waals surface area (Å²) in [4.78, 5) is 15.3. The normalized spacial score (nSPS) is 10.6. The number of hydrogen-bond acceptors (Lipinski definition) is 4. The first-order valence-electron chi connectivity index (χ1n) is 4.92. The van der Waals surface area contributed by atoms with E-state index < -0.39 is 0 Å². The van der Waals surface area contributed by atoms with Crippen molar-refractivity contribution in [3.05, 3.63) is 29.7 Å². The third-order valence-electron chi connectivity index (χ3n) is 2.19. The van der Waals surface area contributed by atoms with E-state index in [1.54, 1.807) is 0 Å². The van der Waals surface area contributed by atoms with Gasteiger partial charge in [0.1, 0.15) is 5.52 Å².